The van der Waals surface area contributed by atoms with Gasteiger partial charge >= 0.3 is 11.9 Å². The zero-order valence-electron chi connectivity index (χ0n) is 10.3. The van der Waals surface area contributed by atoms with Gasteiger partial charge in [0.25, 0.3) is 0 Å². The number of pyridine rings is 1. The minimum atomic E-state index is -1.26. The van der Waals surface area contributed by atoms with Gasteiger partial charge in [-0.25, -0.2) is 4.98 Å². The first-order chi connectivity index (χ1) is 9.54. The van der Waals surface area contributed by atoms with Crippen molar-refractivity contribution in [3.63, 3.8) is 0 Å². The van der Waals surface area contributed by atoms with Gasteiger partial charge in [-0.1, -0.05) is 6.07 Å². The first-order valence-corrected chi connectivity index (χ1v) is 5.86. The molecule has 20 heavy (non-hydrogen) atoms. The maximum atomic E-state index is 11.4. The van der Waals surface area contributed by atoms with E-state index in [2.05, 4.69) is 4.98 Å². The van der Waals surface area contributed by atoms with Crippen LogP contribution in [0.3, 0.4) is 0 Å². The number of carboxylic acid groups (broad SMARTS) is 2. The molecule has 0 aliphatic carbocycles. The Bertz CT molecular complexity index is 664. The van der Waals surface area contributed by atoms with Gasteiger partial charge in [0.2, 0.25) is 0 Å². The second kappa shape index (κ2) is 5.52. The van der Waals surface area contributed by atoms with Gasteiger partial charge in [0.15, 0.2) is 0 Å². The number of hydrogen-bond donors (Lipinski definition) is 2. The van der Waals surface area contributed by atoms with Crippen LogP contribution in [0, 0.1) is 5.92 Å². The summed E-state index contributed by atoms with van der Waals surface area (Å²) in [4.78, 5) is 37.3. The molecule has 0 saturated heterocycles. The van der Waals surface area contributed by atoms with Crippen LogP contribution in [0.15, 0.2) is 30.6 Å². The molecular weight excluding hydrogens is 264 g/mol. The Kier molecular flexibility index (Phi) is 3.79. The zero-order valence-corrected chi connectivity index (χ0v) is 10.3. The molecule has 2 unspecified atom stereocenters. The summed E-state index contributed by atoms with van der Waals surface area (Å²) >= 11 is 0. The van der Waals surface area contributed by atoms with Crippen molar-refractivity contribution >= 4 is 23.9 Å². The molecule has 0 bridgehead atoms. The van der Waals surface area contributed by atoms with Crippen molar-refractivity contribution in [2.24, 2.45) is 5.92 Å². The third-order valence-electron chi connectivity index (χ3n) is 3.04. The van der Waals surface area contributed by atoms with Gasteiger partial charge in [-0.15, -0.1) is 0 Å². The van der Waals surface area contributed by atoms with Gasteiger partial charge in [0.1, 0.15) is 17.9 Å². The lowest BCUT2D eigenvalue weighted by molar-refractivity contribution is -0.144. The lowest BCUT2D eigenvalue weighted by Gasteiger charge is -2.17. The van der Waals surface area contributed by atoms with Crippen LogP contribution >= 0.6 is 0 Å². The number of rotatable bonds is 6. The first-order valence-electron chi connectivity index (χ1n) is 5.86. The number of aldehydes is 1. The number of carboxylic acids is 2. The van der Waals surface area contributed by atoms with E-state index < -0.39 is 30.2 Å². The van der Waals surface area contributed by atoms with Crippen molar-refractivity contribution < 1.29 is 24.6 Å². The molecule has 2 N–H and O–H groups in total. The molecule has 0 aliphatic heterocycles. The molecule has 2 aromatic heterocycles. The molecule has 0 saturated carbocycles. The summed E-state index contributed by atoms with van der Waals surface area (Å²) in [6.07, 6.45) is 2.80. The number of aromatic nitrogens is 2. The highest BCUT2D eigenvalue weighted by Gasteiger charge is 2.33. The molecule has 2 rings (SSSR count). The summed E-state index contributed by atoms with van der Waals surface area (Å²) in [7, 11) is 0. The number of fused-ring (bicyclic) bond motifs is 1. The number of hydrogen-bond acceptors (Lipinski definition) is 4. The van der Waals surface area contributed by atoms with Crippen LogP contribution in [0.25, 0.3) is 5.65 Å². The third-order valence-corrected chi connectivity index (χ3v) is 3.04. The average molecular weight is 276 g/mol. The van der Waals surface area contributed by atoms with Crippen molar-refractivity contribution in [2.75, 3.05) is 0 Å². The fourth-order valence-corrected chi connectivity index (χ4v) is 2.16. The largest absolute Gasteiger partial charge is 0.481 e. The highest BCUT2D eigenvalue weighted by atomic mass is 16.4. The predicted octanol–water partition coefficient (Wildman–Crippen LogP) is 0.792. The summed E-state index contributed by atoms with van der Waals surface area (Å²) in [5, 5.41) is 18.1. The summed E-state index contributed by atoms with van der Waals surface area (Å²) in [5.74, 6) is -4.87. The molecule has 2 aromatic rings. The van der Waals surface area contributed by atoms with Crippen molar-refractivity contribution in [1.82, 2.24) is 9.38 Å². The van der Waals surface area contributed by atoms with Gasteiger partial charge in [0.05, 0.1) is 18.3 Å². The van der Waals surface area contributed by atoms with Gasteiger partial charge in [-0.05, 0) is 12.1 Å². The monoisotopic (exact) mass is 276 g/mol. The lowest BCUT2D eigenvalue weighted by Crippen LogP contribution is -2.26. The third kappa shape index (κ3) is 2.51. The second-order valence-corrected chi connectivity index (χ2v) is 4.33. The molecule has 2 atom stereocenters. The summed E-state index contributed by atoms with van der Waals surface area (Å²) in [6.45, 7) is 0. The predicted molar refractivity (Wildman–Crippen MR) is 67.4 cm³/mol. The Labute approximate surface area is 113 Å². The van der Waals surface area contributed by atoms with Crippen molar-refractivity contribution in [3.8, 4) is 0 Å². The molecule has 7 nitrogen and oxygen atoms in total. The zero-order chi connectivity index (χ0) is 14.7. The van der Waals surface area contributed by atoms with Crippen molar-refractivity contribution in [1.29, 1.82) is 0 Å². The van der Waals surface area contributed by atoms with E-state index >= 15 is 0 Å². The average Bonchev–Trinajstić information content (AvgIpc) is 2.81. The number of carbonyl (C=O) groups excluding carboxylic acids is 1. The van der Waals surface area contributed by atoms with Crippen LogP contribution in [0.5, 0.6) is 0 Å². The quantitative estimate of drug-likeness (QED) is 0.755. The normalized spacial score (nSPS) is 13.8. The molecular formula is C13H12N2O5. The van der Waals surface area contributed by atoms with Crippen LogP contribution in [-0.2, 0) is 14.4 Å². The van der Waals surface area contributed by atoms with Crippen LogP contribution in [0.4, 0.5) is 0 Å². The smallest absolute Gasteiger partial charge is 0.313 e. The van der Waals surface area contributed by atoms with Gasteiger partial charge in [-0.3, -0.25) is 9.59 Å². The molecule has 0 radical (unpaired) electrons. The lowest BCUT2D eigenvalue weighted by atomic mass is 9.88. The van der Waals surface area contributed by atoms with E-state index in [0.29, 0.717) is 11.9 Å². The highest BCUT2D eigenvalue weighted by molar-refractivity contribution is 5.83. The summed E-state index contributed by atoms with van der Waals surface area (Å²) < 4.78 is 1.54. The Morgan fingerprint density at radius 2 is 2.10 bits per heavy atom. The Morgan fingerprint density at radius 1 is 1.35 bits per heavy atom. The van der Waals surface area contributed by atoms with Crippen LogP contribution in [-0.4, -0.2) is 37.8 Å². The second-order valence-electron chi connectivity index (χ2n) is 4.33. The molecule has 0 aromatic carbocycles. The van der Waals surface area contributed by atoms with Crippen LogP contribution < -0.4 is 0 Å². The molecule has 0 spiro atoms. The Morgan fingerprint density at radius 3 is 2.70 bits per heavy atom. The first kappa shape index (κ1) is 13.7. The maximum absolute atomic E-state index is 11.4. The molecule has 7 heteroatoms. The molecule has 104 valence electrons. The number of imidazole rings is 1. The standard InChI is InChI=1S/C13H12N2O5/c16-7-8(5-11(17)18)12(13(19)20)9-6-14-10-3-1-2-4-15(9)10/h1-4,6-8,12H,5H2,(H,17,18)(H,19,20). The summed E-state index contributed by atoms with van der Waals surface area (Å²) in [5.41, 5.74) is 0.820. The number of carbonyl (C=O) groups is 3. The van der Waals surface area contributed by atoms with Gasteiger partial charge in [-0.2, -0.15) is 0 Å². The van der Waals surface area contributed by atoms with E-state index in [0.717, 1.165) is 0 Å². The minimum Gasteiger partial charge on any atom is -0.481 e. The van der Waals surface area contributed by atoms with E-state index in [-0.39, 0.29) is 5.69 Å². The van der Waals surface area contributed by atoms with E-state index in [1.807, 2.05) is 0 Å². The molecule has 2 heterocycles. The van der Waals surface area contributed by atoms with Gasteiger partial charge < -0.3 is 19.4 Å². The topological polar surface area (TPSA) is 109 Å². The van der Waals surface area contributed by atoms with Crippen molar-refractivity contribution in [2.45, 2.75) is 12.3 Å². The highest BCUT2D eigenvalue weighted by Crippen LogP contribution is 2.27. The molecule has 0 aliphatic rings. The molecule has 0 amide bonds. The number of nitrogens with zero attached hydrogens (tertiary/aromatic N) is 2. The van der Waals surface area contributed by atoms with Crippen LogP contribution in [0.1, 0.15) is 18.0 Å². The van der Waals surface area contributed by atoms with Gasteiger partial charge in [0, 0.05) is 12.1 Å². The maximum Gasteiger partial charge on any atom is 0.313 e. The minimum absolute atomic E-state index is 0.284. The van der Waals surface area contributed by atoms with E-state index in [1.54, 1.807) is 24.4 Å². The number of aliphatic carboxylic acids is 2. The van der Waals surface area contributed by atoms with Crippen molar-refractivity contribution in [3.05, 3.63) is 36.3 Å². The van der Waals surface area contributed by atoms with E-state index in [1.165, 1.54) is 10.6 Å². The fraction of sp³-hybridized carbons (Fsp3) is 0.231. The van der Waals surface area contributed by atoms with E-state index in [9.17, 15) is 19.5 Å². The summed E-state index contributed by atoms with van der Waals surface area (Å²) in [6, 6.07) is 5.13. The SMILES string of the molecule is O=CC(CC(=O)O)C(C(=O)O)c1cnc2ccccn12. The Balaban J connectivity index is 2.50. The molecule has 0 fully saturated rings. The van der Waals surface area contributed by atoms with Crippen LogP contribution in [0.2, 0.25) is 0 Å². The fourth-order valence-electron chi connectivity index (χ4n) is 2.16. The van der Waals surface area contributed by atoms with E-state index in [4.69, 9.17) is 5.11 Å². The Hall–Kier alpha value is -2.70.